The van der Waals surface area contributed by atoms with Crippen LogP contribution in [0.3, 0.4) is 0 Å². The van der Waals surface area contributed by atoms with E-state index in [1.54, 1.807) is 29.3 Å². The second-order valence-electron chi connectivity index (χ2n) is 13.0. The molecule has 3 aliphatic rings. The van der Waals surface area contributed by atoms with E-state index in [9.17, 15) is 14.7 Å². The van der Waals surface area contributed by atoms with E-state index < -0.39 is 18.1 Å². The van der Waals surface area contributed by atoms with Crippen LogP contribution in [0, 0.1) is 11.3 Å². The number of nitrogens with zero attached hydrogens (tertiary/aromatic N) is 3. The maximum atomic E-state index is 15.6. The van der Waals surface area contributed by atoms with Gasteiger partial charge in [0.2, 0.25) is 5.91 Å². The number of H-pyrrole nitrogens is 1. The van der Waals surface area contributed by atoms with Crippen LogP contribution in [-0.2, 0) is 17.3 Å². The molecule has 7 rings (SSSR count). The Morgan fingerprint density at radius 1 is 1.07 bits per heavy atom. The number of aromatic amines is 1. The minimum Gasteiger partial charge on any atom is -0.465 e. The zero-order chi connectivity index (χ0) is 31.7. The molecule has 2 atom stereocenters. The molecule has 4 aromatic rings. The van der Waals surface area contributed by atoms with Crippen LogP contribution in [0.2, 0.25) is 0 Å². The molecule has 2 N–H and O–H groups in total. The van der Waals surface area contributed by atoms with Crippen molar-refractivity contribution < 1.29 is 23.5 Å². The number of amides is 2. The Kier molecular flexibility index (Phi) is 7.11. The molecule has 45 heavy (non-hydrogen) atoms. The number of halogens is 3. The minimum atomic E-state index is -3.14. The number of alkyl halides is 2. The number of carbonyl (C=O) groups excluding carboxylic acids is 1. The molecule has 1 saturated heterocycles. The molecule has 1 spiro atoms. The van der Waals surface area contributed by atoms with Crippen molar-refractivity contribution >= 4 is 27.9 Å². The lowest BCUT2D eigenvalue weighted by atomic mass is 9.99. The van der Waals surface area contributed by atoms with Gasteiger partial charge in [-0.3, -0.25) is 9.69 Å². The highest BCUT2D eigenvalue weighted by atomic mass is 79.9. The monoisotopic (exact) mass is 674 g/mol. The SMILES string of the molecule is CC(C)C(C(=O)N1CC2(CC2)CC1c1ncc(-c2ccc3c(c2)C(F)(F)c2cc(Br)ccc2-3)[nH]1)N(Cc1ccccc1)C(=O)O. The Bertz CT molecular complexity index is 1800. The molecule has 1 aliphatic heterocycles. The number of imidazole rings is 1. The number of aromatic nitrogens is 2. The molecule has 1 saturated carbocycles. The van der Waals surface area contributed by atoms with Crippen LogP contribution >= 0.6 is 15.9 Å². The standard InChI is InChI=1S/C35H33BrF2N4O3/c1-20(2)30(41(33(44)45)18-21-6-4-3-5-7-21)32(43)42-19-34(12-13-34)16-29(42)31-39-17-28(40-31)22-8-10-24-25-11-9-23(36)15-27(25)35(37,38)26(24)14-22/h3-11,14-15,17,20,29-30H,12-13,16,18-19H2,1-2H3,(H,39,40)(H,44,45). The van der Waals surface area contributed by atoms with Crippen molar-refractivity contribution in [3.8, 4) is 22.4 Å². The van der Waals surface area contributed by atoms with E-state index in [0.717, 1.165) is 18.4 Å². The number of carboxylic acid groups (broad SMARTS) is 1. The topological polar surface area (TPSA) is 89.5 Å². The fourth-order valence-corrected chi connectivity index (χ4v) is 7.46. The highest BCUT2D eigenvalue weighted by Gasteiger charge is 2.55. The smallest absolute Gasteiger partial charge is 0.408 e. The summed E-state index contributed by atoms with van der Waals surface area (Å²) in [5.74, 6) is -3.06. The van der Waals surface area contributed by atoms with E-state index in [0.29, 0.717) is 45.6 Å². The van der Waals surface area contributed by atoms with E-state index in [1.807, 2.05) is 50.2 Å². The van der Waals surface area contributed by atoms with Gasteiger partial charge in [0.05, 0.1) is 17.9 Å². The summed E-state index contributed by atoms with van der Waals surface area (Å²) in [6, 6.07) is 18.0. The Morgan fingerprint density at radius 3 is 2.42 bits per heavy atom. The van der Waals surface area contributed by atoms with Crippen LogP contribution in [0.4, 0.5) is 13.6 Å². The summed E-state index contributed by atoms with van der Waals surface area (Å²) in [6.07, 6.45) is 3.19. The normalized spacial score (nSPS) is 19.4. The maximum absolute atomic E-state index is 15.6. The van der Waals surface area contributed by atoms with Crippen LogP contribution in [0.15, 0.2) is 77.4 Å². The fourth-order valence-electron chi connectivity index (χ4n) is 7.10. The van der Waals surface area contributed by atoms with Gasteiger partial charge >= 0.3 is 6.09 Å². The van der Waals surface area contributed by atoms with Gasteiger partial charge in [-0.2, -0.15) is 8.78 Å². The molecule has 0 radical (unpaired) electrons. The Balaban J connectivity index is 1.19. The first-order valence-electron chi connectivity index (χ1n) is 15.2. The highest BCUT2D eigenvalue weighted by Crippen LogP contribution is 2.58. The van der Waals surface area contributed by atoms with E-state index in [-0.39, 0.29) is 41.0 Å². The summed E-state index contributed by atoms with van der Waals surface area (Å²) in [5.41, 5.74) is 2.92. The molecule has 1 aromatic heterocycles. The largest absolute Gasteiger partial charge is 0.465 e. The van der Waals surface area contributed by atoms with Crippen molar-refractivity contribution in [1.29, 1.82) is 0 Å². The first-order chi connectivity index (χ1) is 21.5. The molecule has 2 fully saturated rings. The number of carbonyl (C=O) groups is 2. The Hall–Kier alpha value is -4.05. The summed E-state index contributed by atoms with van der Waals surface area (Å²) in [6.45, 7) is 4.37. The highest BCUT2D eigenvalue weighted by molar-refractivity contribution is 9.10. The van der Waals surface area contributed by atoms with E-state index in [1.165, 1.54) is 17.0 Å². The molecule has 7 nitrogen and oxygen atoms in total. The van der Waals surface area contributed by atoms with Gasteiger partial charge < -0.3 is 15.0 Å². The number of likely N-dealkylation sites (tertiary alicyclic amines) is 1. The lowest BCUT2D eigenvalue weighted by Crippen LogP contribution is -2.53. The Labute approximate surface area is 268 Å². The molecule has 2 aliphatic carbocycles. The second-order valence-corrected chi connectivity index (χ2v) is 13.9. The number of rotatable bonds is 7. The van der Waals surface area contributed by atoms with Crippen molar-refractivity contribution in [2.75, 3.05) is 6.54 Å². The molecule has 232 valence electrons. The minimum absolute atomic E-state index is 0.00201. The molecular weight excluding hydrogens is 642 g/mol. The van der Waals surface area contributed by atoms with Crippen LogP contribution in [0.5, 0.6) is 0 Å². The summed E-state index contributed by atoms with van der Waals surface area (Å²) < 4.78 is 31.7. The molecular formula is C35H33BrF2N4O3. The van der Waals surface area contributed by atoms with Gasteiger partial charge in [0.15, 0.2) is 0 Å². The molecule has 2 unspecified atom stereocenters. The molecule has 2 amide bonds. The number of benzene rings is 3. The van der Waals surface area contributed by atoms with Crippen molar-refractivity contribution in [3.63, 3.8) is 0 Å². The second kappa shape index (κ2) is 10.8. The molecule has 2 heterocycles. The van der Waals surface area contributed by atoms with Crippen molar-refractivity contribution in [3.05, 3.63) is 99.9 Å². The first kappa shape index (κ1) is 29.6. The lowest BCUT2D eigenvalue weighted by molar-refractivity contribution is -0.139. The van der Waals surface area contributed by atoms with E-state index >= 15 is 8.78 Å². The zero-order valence-corrected chi connectivity index (χ0v) is 26.5. The quantitative estimate of drug-likeness (QED) is 0.207. The van der Waals surface area contributed by atoms with Gasteiger partial charge in [-0.1, -0.05) is 78.3 Å². The number of fused-ring (bicyclic) bond motifs is 3. The molecule has 0 bridgehead atoms. The molecule has 10 heteroatoms. The number of hydrogen-bond acceptors (Lipinski definition) is 3. The number of nitrogens with one attached hydrogen (secondary N) is 1. The van der Waals surface area contributed by atoms with Crippen LogP contribution in [0.25, 0.3) is 22.4 Å². The van der Waals surface area contributed by atoms with Gasteiger partial charge in [-0.25, -0.2) is 9.78 Å². The van der Waals surface area contributed by atoms with Gasteiger partial charge in [0.1, 0.15) is 11.9 Å². The van der Waals surface area contributed by atoms with Gasteiger partial charge in [-0.15, -0.1) is 0 Å². The predicted molar refractivity (Wildman–Crippen MR) is 170 cm³/mol. The van der Waals surface area contributed by atoms with Crippen molar-refractivity contribution in [2.24, 2.45) is 11.3 Å². The fraction of sp³-hybridized carbons (Fsp3) is 0.343. The predicted octanol–water partition coefficient (Wildman–Crippen LogP) is 8.22. The van der Waals surface area contributed by atoms with Gasteiger partial charge in [0.25, 0.3) is 5.92 Å². The van der Waals surface area contributed by atoms with E-state index in [2.05, 4.69) is 25.9 Å². The van der Waals surface area contributed by atoms with Crippen LogP contribution < -0.4 is 0 Å². The Morgan fingerprint density at radius 2 is 1.76 bits per heavy atom. The summed E-state index contributed by atoms with van der Waals surface area (Å²) in [4.78, 5) is 37.9. The summed E-state index contributed by atoms with van der Waals surface area (Å²) in [7, 11) is 0. The van der Waals surface area contributed by atoms with Crippen LogP contribution in [-0.4, -0.2) is 49.5 Å². The lowest BCUT2D eigenvalue weighted by Gasteiger charge is -2.36. The summed E-state index contributed by atoms with van der Waals surface area (Å²) in [5, 5.41) is 10.2. The average Bonchev–Trinajstić information content (AvgIpc) is 3.32. The summed E-state index contributed by atoms with van der Waals surface area (Å²) >= 11 is 3.31. The van der Waals surface area contributed by atoms with Crippen molar-refractivity contribution in [1.82, 2.24) is 19.8 Å². The molecule has 3 aromatic carbocycles. The first-order valence-corrected chi connectivity index (χ1v) is 16.0. The number of hydrogen-bond donors (Lipinski definition) is 2. The third-order valence-corrected chi connectivity index (χ3v) is 10.1. The third-order valence-electron chi connectivity index (χ3n) is 9.60. The van der Waals surface area contributed by atoms with Gasteiger partial charge in [0, 0.05) is 34.3 Å². The van der Waals surface area contributed by atoms with Gasteiger partial charge in [-0.05, 0) is 65.5 Å². The maximum Gasteiger partial charge on any atom is 0.408 e. The average molecular weight is 676 g/mol. The zero-order valence-electron chi connectivity index (χ0n) is 24.9. The third kappa shape index (κ3) is 5.13. The van der Waals surface area contributed by atoms with Crippen LogP contribution in [0.1, 0.15) is 61.7 Å². The van der Waals surface area contributed by atoms with Crippen molar-refractivity contribution in [2.45, 2.75) is 57.7 Å². The van der Waals surface area contributed by atoms with E-state index in [4.69, 9.17) is 0 Å².